The Balaban J connectivity index is 1.29. The van der Waals surface area contributed by atoms with Crippen molar-refractivity contribution in [1.29, 1.82) is 0 Å². The number of fused-ring (bicyclic) bond motifs is 2. The van der Waals surface area contributed by atoms with Gasteiger partial charge in [0.25, 0.3) is 5.91 Å². The fourth-order valence-electron chi connectivity index (χ4n) is 4.89. The van der Waals surface area contributed by atoms with Crippen LogP contribution in [0.4, 0.5) is 11.4 Å². The number of hydrogen-bond acceptors (Lipinski definition) is 8. The summed E-state index contributed by atoms with van der Waals surface area (Å²) in [6, 6.07) is 10.1. The van der Waals surface area contributed by atoms with E-state index >= 15 is 0 Å². The molecule has 4 atom stereocenters. The Morgan fingerprint density at radius 1 is 1.33 bits per heavy atom. The third-order valence-corrected chi connectivity index (χ3v) is 7.75. The Hall–Kier alpha value is -2.88. The van der Waals surface area contributed by atoms with Crippen LogP contribution in [-0.4, -0.2) is 55.4 Å². The Morgan fingerprint density at radius 2 is 2.15 bits per heavy atom. The predicted molar refractivity (Wildman–Crippen MR) is 131 cm³/mol. The highest BCUT2D eigenvalue weighted by Crippen LogP contribution is 2.35. The van der Waals surface area contributed by atoms with Gasteiger partial charge in [0.1, 0.15) is 22.1 Å². The van der Waals surface area contributed by atoms with Gasteiger partial charge < -0.3 is 31.2 Å². The van der Waals surface area contributed by atoms with Gasteiger partial charge in [-0.2, -0.15) is 0 Å². The van der Waals surface area contributed by atoms with Crippen molar-refractivity contribution in [2.45, 2.75) is 44.5 Å². The molecule has 3 aromatic rings. The molecule has 0 aliphatic carbocycles. The topological polar surface area (TPSA) is 116 Å². The Morgan fingerprint density at radius 3 is 2.91 bits per heavy atom. The molecule has 4 heterocycles. The predicted octanol–water partition coefficient (Wildman–Crippen LogP) is 2.47. The van der Waals surface area contributed by atoms with Crippen LogP contribution in [0.25, 0.3) is 10.2 Å². The highest BCUT2D eigenvalue weighted by Gasteiger charge is 2.37. The second kappa shape index (κ2) is 8.48. The molecule has 2 aliphatic heterocycles. The van der Waals surface area contributed by atoms with E-state index in [-0.39, 0.29) is 30.1 Å². The molecule has 174 valence electrons. The molecule has 5 N–H and O–H groups in total. The smallest absolute Gasteiger partial charge is 0.263 e. The van der Waals surface area contributed by atoms with E-state index in [9.17, 15) is 4.79 Å². The number of aryl methyl sites for hydroxylation is 1. The largest absolute Gasteiger partial charge is 0.491 e. The minimum Gasteiger partial charge on any atom is -0.491 e. The lowest BCUT2D eigenvalue weighted by Gasteiger charge is -2.29. The van der Waals surface area contributed by atoms with E-state index in [1.165, 1.54) is 11.3 Å². The van der Waals surface area contributed by atoms with Gasteiger partial charge >= 0.3 is 0 Å². The van der Waals surface area contributed by atoms with Crippen LogP contribution in [0, 0.1) is 6.92 Å². The first-order valence-corrected chi connectivity index (χ1v) is 11.9. The number of pyridine rings is 1. The zero-order chi connectivity index (χ0) is 23.3. The quantitative estimate of drug-likeness (QED) is 0.540. The van der Waals surface area contributed by atoms with Gasteiger partial charge in [0, 0.05) is 36.5 Å². The first-order valence-electron chi connectivity index (χ1n) is 11.1. The number of hydrogen-bond donors (Lipinski definition) is 3. The van der Waals surface area contributed by atoms with Gasteiger partial charge in [0.05, 0.1) is 29.9 Å². The molecule has 9 heteroatoms. The zero-order valence-electron chi connectivity index (χ0n) is 19.0. The van der Waals surface area contributed by atoms with E-state index < -0.39 is 0 Å². The number of nitrogens with zero attached hydrogens (tertiary/aromatic N) is 2. The molecule has 0 spiro atoms. The molecule has 1 amide bonds. The number of benzene rings is 1. The van der Waals surface area contributed by atoms with Crippen molar-refractivity contribution in [1.82, 2.24) is 10.3 Å². The Bertz CT molecular complexity index is 1210. The molecular weight excluding hydrogens is 438 g/mol. The number of aromatic nitrogens is 1. The number of nitrogen functional groups attached to an aromatic ring is 1. The third kappa shape index (κ3) is 3.90. The van der Waals surface area contributed by atoms with Crippen LogP contribution < -0.4 is 26.4 Å². The average molecular weight is 468 g/mol. The zero-order valence-corrected chi connectivity index (χ0v) is 19.8. The molecule has 0 radical (unpaired) electrons. The number of amides is 1. The van der Waals surface area contributed by atoms with E-state index in [0.29, 0.717) is 23.6 Å². The molecule has 1 saturated heterocycles. The number of carbonyl (C=O) groups excluding carboxylic acids is 1. The first-order chi connectivity index (χ1) is 15.9. The van der Waals surface area contributed by atoms with E-state index in [1.54, 1.807) is 7.11 Å². The number of methoxy groups -OCH3 is 1. The standard InChI is InChI=1S/C24H29N5O3S/c1-12-4-7-17-20(26)22(33-24(17)27-12)23(30)28-15-8-14-5-6-16(9-19(14)32-11-15)29-10-18(25)21(31-3)13(29)2/h4-7,9,13,15,18,21H,8,10-11,25-26H2,1-3H3,(H,28,30)/t13-,15-,18-,21-/m1/s1. The summed E-state index contributed by atoms with van der Waals surface area (Å²) >= 11 is 1.32. The fourth-order valence-corrected chi connectivity index (χ4v) is 5.93. The van der Waals surface area contributed by atoms with E-state index in [4.69, 9.17) is 20.9 Å². The van der Waals surface area contributed by atoms with Gasteiger partial charge in [-0.1, -0.05) is 6.07 Å². The van der Waals surface area contributed by atoms with Crippen LogP contribution in [0.3, 0.4) is 0 Å². The minimum absolute atomic E-state index is 0.00185. The SMILES string of the molecule is CO[C@H]1[C@H](N)CN(c2ccc3c(c2)OC[C@H](NC(=O)c2sc4nc(C)ccc4c2N)C3)[C@@H]1C. The molecule has 0 saturated carbocycles. The summed E-state index contributed by atoms with van der Waals surface area (Å²) in [5.41, 5.74) is 16.0. The number of ether oxygens (including phenoxy) is 2. The van der Waals surface area contributed by atoms with Crippen molar-refractivity contribution >= 4 is 38.8 Å². The summed E-state index contributed by atoms with van der Waals surface area (Å²) in [4.78, 5) is 21.0. The maximum absolute atomic E-state index is 13.0. The summed E-state index contributed by atoms with van der Waals surface area (Å²) in [6.07, 6.45) is 0.696. The van der Waals surface area contributed by atoms with Crippen molar-refractivity contribution in [2.24, 2.45) is 5.73 Å². The number of anilines is 2. The summed E-state index contributed by atoms with van der Waals surface area (Å²) in [7, 11) is 1.71. The number of nitrogens with two attached hydrogens (primary N) is 2. The van der Waals surface area contributed by atoms with E-state index in [0.717, 1.165) is 39.5 Å². The molecule has 2 aliphatic rings. The van der Waals surface area contributed by atoms with Crippen LogP contribution in [0.5, 0.6) is 5.75 Å². The van der Waals surface area contributed by atoms with Gasteiger partial charge in [-0.05, 0) is 44.0 Å². The van der Waals surface area contributed by atoms with Crippen LogP contribution in [0.15, 0.2) is 30.3 Å². The number of carbonyl (C=O) groups is 1. The summed E-state index contributed by atoms with van der Waals surface area (Å²) in [5.74, 6) is 0.660. The second-order valence-electron chi connectivity index (χ2n) is 8.88. The molecule has 0 unspecified atom stereocenters. The van der Waals surface area contributed by atoms with E-state index in [2.05, 4.69) is 40.3 Å². The van der Waals surface area contributed by atoms with Crippen molar-refractivity contribution in [2.75, 3.05) is 30.9 Å². The van der Waals surface area contributed by atoms with Crippen molar-refractivity contribution < 1.29 is 14.3 Å². The Labute approximate surface area is 196 Å². The lowest BCUT2D eigenvalue weighted by Crippen LogP contribution is -2.42. The molecule has 0 bridgehead atoms. The van der Waals surface area contributed by atoms with Gasteiger partial charge in [-0.3, -0.25) is 4.79 Å². The lowest BCUT2D eigenvalue weighted by molar-refractivity contribution is 0.0877. The number of thiophene rings is 1. The molecule has 1 aromatic carbocycles. The van der Waals surface area contributed by atoms with Crippen LogP contribution in [0.2, 0.25) is 0 Å². The number of rotatable bonds is 4. The van der Waals surface area contributed by atoms with Gasteiger partial charge in [0.2, 0.25) is 0 Å². The average Bonchev–Trinajstić information content (AvgIpc) is 3.28. The van der Waals surface area contributed by atoms with Crippen LogP contribution >= 0.6 is 11.3 Å². The molecule has 8 nitrogen and oxygen atoms in total. The van der Waals surface area contributed by atoms with E-state index in [1.807, 2.05) is 19.1 Å². The van der Waals surface area contributed by atoms with Crippen molar-refractivity contribution in [3.63, 3.8) is 0 Å². The minimum atomic E-state index is -0.188. The summed E-state index contributed by atoms with van der Waals surface area (Å²) in [5, 5.41) is 3.90. The second-order valence-corrected chi connectivity index (χ2v) is 9.88. The van der Waals surface area contributed by atoms with Gasteiger partial charge in [-0.25, -0.2) is 4.98 Å². The molecular formula is C24H29N5O3S. The highest BCUT2D eigenvalue weighted by atomic mass is 32.1. The normalized spacial score (nSPS) is 24.5. The van der Waals surface area contributed by atoms with Crippen molar-refractivity contribution in [3.8, 4) is 5.75 Å². The van der Waals surface area contributed by atoms with Crippen LogP contribution in [0.1, 0.15) is 27.9 Å². The third-order valence-electron chi connectivity index (χ3n) is 6.63. The molecule has 33 heavy (non-hydrogen) atoms. The van der Waals surface area contributed by atoms with Gasteiger partial charge in [-0.15, -0.1) is 11.3 Å². The van der Waals surface area contributed by atoms with Crippen molar-refractivity contribution in [3.05, 3.63) is 46.5 Å². The highest BCUT2D eigenvalue weighted by molar-refractivity contribution is 7.21. The lowest BCUT2D eigenvalue weighted by atomic mass is 10.0. The molecule has 1 fully saturated rings. The van der Waals surface area contributed by atoms with Gasteiger partial charge in [0.15, 0.2) is 0 Å². The number of nitrogens with one attached hydrogen (secondary N) is 1. The molecule has 5 rings (SSSR count). The monoisotopic (exact) mass is 467 g/mol. The summed E-state index contributed by atoms with van der Waals surface area (Å²) < 4.78 is 11.6. The Kier molecular flexibility index (Phi) is 5.64. The first kappa shape index (κ1) is 21.9. The maximum Gasteiger partial charge on any atom is 0.263 e. The molecule has 2 aromatic heterocycles. The maximum atomic E-state index is 13.0. The van der Waals surface area contributed by atoms with Crippen LogP contribution in [-0.2, 0) is 11.2 Å². The summed E-state index contributed by atoms with van der Waals surface area (Å²) in [6.45, 7) is 5.19. The fraction of sp³-hybridized carbons (Fsp3) is 0.417.